The molecule has 0 unspecified atom stereocenters. The fourth-order valence-electron chi connectivity index (χ4n) is 2.53. The maximum absolute atomic E-state index is 5.96. The quantitative estimate of drug-likeness (QED) is 0.927. The van der Waals surface area contributed by atoms with Crippen LogP contribution in [-0.2, 0) is 0 Å². The number of rotatable bonds is 3. The highest BCUT2D eigenvalue weighted by atomic mass is 16.5. The average Bonchev–Trinajstić information content (AvgIpc) is 2.49. The molecule has 0 radical (unpaired) electrons. The van der Waals surface area contributed by atoms with E-state index in [4.69, 9.17) is 10.5 Å². The maximum atomic E-state index is 5.96. The Hall–Kier alpha value is -2.00. The molecule has 1 aliphatic heterocycles. The van der Waals surface area contributed by atoms with Crippen LogP contribution in [0.3, 0.4) is 0 Å². The van der Waals surface area contributed by atoms with Crippen LogP contribution in [0.5, 0.6) is 11.5 Å². The van der Waals surface area contributed by atoms with Crippen LogP contribution in [0.15, 0.2) is 54.6 Å². The van der Waals surface area contributed by atoms with Gasteiger partial charge in [-0.25, -0.2) is 0 Å². The second-order valence-corrected chi connectivity index (χ2v) is 5.24. The molecule has 2 N–H and O–H groups in total. The van der Waals surface area contributed by atoms with Crippen LogP contribution in [0.4, 0.5) is 5.69 Å². The van der Waals surface area contributed by atoms with E-state index >= 15 is 0 Å². The summed E-state index contributed by atoms with van der Waals surface area (Å²) in [6.07, 6.45) is 2.12. The van der Waals surface area contributed by atoms with Crippen molar-refractivity contribution in [3.05, 3.63) is 54.6 Å². The molecular weight excluding hydrogens is 248 g/mol. The Morgan fingerprint density at radius 1 is 0.900 bits per heavy atom. The van der Waals surface area contributed by atoms with E-state index < -0.39 is 0 Å². The molecule has 0 atom stereocenters. The normalized spacial score (nSPS) is 16.1. The van der Waals surface area contributed by atoms with Gasteiger partial charge in [-0.1, -0.05) is 24.3 Å². The molecular formula is C17H20N2O. The summed E-state index contributed by atoms with van der Waals surface area (Å²) in [5.41, 5.74) is 7.17. The number of ether oxygens (including phenoxy) is 1. The standard InChI is InChI=1S/C17H20N2O/c18-14-9-11-19(12-10-14)15-5-4-8-17(13-15)20-16-6-2-1-3-7-16/h1-8,13-14H,9-12,18H2. The summed E-state index contributed by atoms with van der Waals surface area (Å²) in [7, 11) is 0. The Kier molecular flexibility index (Phi) is 3.88. The molecule has 3 rings (SSSR count). The van der Waals surface area contributed by atoms with Crippen molar-refractivity contribution in [2.45, 2.75) is 18.9 Å². The van der Waals surface area contributed by atoms with Crippen molar-refractivity contribution in [1.82, 2.24) is 0 Å². The smallest absolute Gasteiger partial charge is 0.129 e. The molecule has 3 heteroatoms. The molecule has 1 aliphatic rings. The fraction of sp³-hybridized carbons (Fsp3) is 0.294. The van der Waals surface area contributed by atoms with Gasteiger partial charge in [0, 0.05) is 30.9 Å². The molecule has 0 amide bonds. The lowest BCUT2D eigenvalue weighted by molar-refractivity contribution is 0.480. The summed E-state index contributed by atoms with van der Waals surface area (Å²) in [6, 6.07) is 18.5. The van der Waals surface area contributed by atoms with Gasteiger partial charge in [0.25, 0.3) is 0 Å². The Labute approximate surface area is 120 Å². The van der Waals surface area contributed by atoms with Crippen LogP contribution >= 0.6 is 0 Å². The van der Waals surface area contributed by atoms with Crippen molar-refractivity contribution in [2.24, 2.45) is 5.73 Å². The highest BCUT2D eigenvalue weighted by Gasteiger charge is 2.16. The highest BCUT2D eigenvalue weighted by molar-refractivity contribution is 5.51. The van der Waals surface area contributed by atoms with E-state index in [9.17, 15) is 0 Å². The lowest BCUT2D eigenvalue weighted by Gasteiger charge is -2.32. The van der Waals surface area contributed by atoms with E-state index in [2.05, 4.69) is 17.0 Å². The monoisotopic (exact) mass is 268 g/mol. The summed E-state index contributed by atoms with van der Waals surface area (Å²) in [5.74, 6) is 1.74. The van der Waals surface area contributed by atoms with Crippen molar-refractivity contribution in [1.29, 1.82) is 0 Å². The zero-order valence-corrected chi connectivity index (χ0v) is 11.5. The first-order valence-corrected chi connectivity index (χ1v) is 7.15. The van der Waals surface area contributed by atoms with Gasteiger partial charge in [-0.2, -0.15) is 0 Å². The molecule has 2 aromatic carbocycles. The third kappa shape index (κ3) is 3.11. The topological polar surface area (TPSA) is 38.5 Å². The number of hydrogen-bond donors (Lipinski definition) is 1. The molecule has 0 aliphatic carbocycles. The molecule has 1 heterocycles. The van der Waals surface area contributed by atoms with Crippen LogP contribution in [-0.4, -0.2) is 19.1 Å². The van der Waals surface area contributed by atoms with Crippen molar-refractivity contribution >= 4 is 5.69 Å². The van der Waals surface area contributed by atoms with E-state index in [1.807, 2.05) is 42.5 Å². The van der Waals surface area contributed by atoms with E-state index in [1.54, 1.807) is 0 Å². The molecule has 1 fully saturated rings. The van der Waals surface area contributed by atoms with Crippen LogP contribution in [0.1, 0.15) is 12.8 Å². The number of para-hydroxylation sites is 1. The molecule has 0 spiro atoms. The highest BCUT2D eigenvalue weighted by Crippen LogP contribution is 2.27. The molecule has 0 aromatic heterocycles. The van der Waals surface area contributed by atoms with E-state index in [1.165, 1.54) is 5.69 Å². The number of hydrogen-bond acceptors (Lipinski definition) is 3. The van der Waals surface area contributed by atoms with Gasteiger partial charge in [-0.3, -0.25) is 0 Å². The molecule has 0 saturated carbocycles. The SMILES string of the molecule is NC1CCN(c2cccc(Oc3ccccc3)c2)CC1. The van der Waals surface area contributed by atoms with Gasteiger partial charge in [0.05, 0.1) is 0 Å². The van der Waals surface area contributed by atoms with Gasteiger partial charge >= 0.3 is 0 Å². The zero-order valence-electron chi connectivity index (χ0n) is 11.5. The largest absolute Gasteiger partial charge is 0.457 e. The van der Waals surface area contributed by atoms with E-state index in [0.717, 1.165) is 37.4 Å². The van der Waals surface area contributed by atoms with E-state index in [0.29, 0.717) is 6.04 Å². The first-order chi connectivity index (χ1) is 9.81. The third-order valence-electron chi connectivity index (χ3n) is 3.70. The number of benzene rings is 2. The minimum absolute atomic E-state index is 0.356. The minimum atomic E-state index is 0.356. The second kappa shape index (κ2) is 5.97. The molecule has 2 aromatic rings. The number of nitrogens with zero attached hydrogens (tertiary/aromatic N) is 1. The fourth-order valence-corrected chi connectivity index (χ4v) is 2.53. The van der Waals surface area contributed by atoms with Crippen molar-refractivity contribution in [3.8, 4) is 11.5 Å². The summed E-state index contributed by atoms with van der Waals surface area (Å²) in [6.45, 7) is 2.05. The molecule has 3 nitrogen and oxygen atoms in total. The van der Waals surface area contributed by atoms with Gasteiger partial charge in [0.15, 0.2) is 0 Å². The van der Waals surface area contributed by atoms with E-state index in [-0.39, 0.29) is 0 Å². The predicted molar refractivity (Wildman–Crippen MR) is 82.4 cm³/mol. The minimum Gasteiger partial charge on any atom is -0.457 e. The Morgan fingerprint density at radius 3 is 2.35 bits per heavy atom. The molecule has 0 bridgehead atoms. The Balaban J connectivity index is 1.73. The van der Waals surface area contributed by atoms with Gasteiger partial charge in [-0.05, 0) is 37.1 Å². The molecule has 1 saturated heterocycles. The summed E-state index contributed by atoms with van der Waals surface area (Å²) >= 11 is 0. The Bertz CT molecular complexity index is 548. The number of nitrogens with two attached hydrogens (primary N) is 1. The van der Waals surface area contributed by atoms with Crippen LogP contribution in [0.25, 0.3) is 0 Å². The third-order valence-corrected chi connectivity index (χ3v) is 3.70. The zero-order chi connectivity index (χ0) is 13.8. The van der Waals surface area contributed by atoms with Crippen LogP contribution in [0.2, 0.25) is 0 Å². The predicted octanol–water partition coefficient (Wildman–Crippen LogP) is 3.41. The van der Waals surface area contributed by atoms with Crippen molar-refractivity contribution in [3.63, 3.8) is 0 Å². The van der Waals surface area contributed by atoms with Crippen LogP contribution in [0, 0.1) is 0 Å². The molecule has 104 valence electrons. The lowest BCUT2D eigenvalue weighted by Crippen LogP contribution is -2.39. The molecule has 20 heavy (non-hydrogen) atoms. The van der Waals surface area contributed by atoms with Gasteiger partial charge in [0.1, 0.15) is 11.5 Å². The first-order valence-electron chi connectivity index (χ1n) is 7.15. The van der Waals surface area contributed by atoms with Gasteiger partial charge in [0.2, 0.25) is 0 Å². The first kappa shape index (κ1) is 13.0. The average molecular weight is 268 g/mol. The van der Waals surface area contributed by atoms with Crippen LogP contribution < -0.4 is 15.4 Å². The van der Waals surface area contributed by atoms with Gasteiger partial charge in [-0.15, -0.1) is 0 Å². The van der Waals surface area contributed by atoms with Crippen molar-refractivity contribution in [2.75, 3.05) is 18.0 Å². The maximum Gasteiger partial charge on any atom is 0.129 e. The lowest BCUT2D eigenvalue weighted by atomic mass is 10.1. The summed E-state index contributed by atoms with van der Waals surface area (Å²) in [4.78, 5) is 2.38. The second-order valence-electron chi connectivity index (χ2n) is 5.24. The summed E-state index contributed by atoms with van der Waals surface area (Å²) in [5, 5.41) is 0. The number of piperidine rings is 1. The summed E-state index contributed by atoms with van der Waals surface area (Å²) < 4.78 is 5.88. The van der Waals surface area contributed by atoms with Crippen molar-refractivity contribution < 1.29 is 4.74 Å². The van der Waals surface area contributed by atoms with Gasteiger partial charge < -0.3 is 15.4 Å². The Morgan fingerprint density at radius 2 is 1.60 bits per heavy atom. The number of anilines is 1.